The maximum Gasteiger partial charge on any atom is 0.341 e. The van der Waals surface area contributed by atoms with Gasteiger partial charge in [-0.25, -0.2) is 8.42 Å². The predicted molar refractivity (Wildman–Crippen MR) is 98.6 cm³/mol. The van der Waals surface area contributed by atoms with Gasteiger partial charge in [-0.3, -0.25) is 25.5 Å². The Morgan fingerprint density at radius 3 is 2.17 bits per heavy atom. The van der Waals surface area contributed by atoms with E-state index in [0.29, 0.717) is 5.69 Å². The van der Waals surface area contributed by atoms with Gasteiger partial charge in [0.05, 0.1) is 10.6 Å². The number of hydrogen-bond acceptors (Lipinski definition) is 5. The number of nitrogens with one attached hydrogen (secondary N) is 3. The number of aromatic nitrogens is 2. The number of hydrogen-bond donors (Lipinski definition) is 3. The van der Waals surface area contributed by atoms with Crippen molar-refractivity contribution in [1.82, 2.24) is 21.0 Å². The van der Waals surface area contributed by atoms with E-state index in [4.69, 9.17) is 0 Å². The highest BCUT2D eigenvalue weighted by molar-refractivity contribution is 7.91. The van der Waals surface area contributed by atoms with E-state index in [9.17, 15) is 26.8 Å². The fraction of sp³-hybridized carbons (Fsp3) is 0.0556. The van der Waals surface area contributed by atoms with Gasteiger partial charge in [0.1, 0.15) is 5.69 Å². The number of hydrazine groups is 1. The van der Waals surface area contributed by atoms with Crippen molar-refractivity contribution in [2.24, 2.45) is 0 Å². The van der Waals surface area contributed by atoms with Crippen LogP contribution < -0.4 is 10.9 Å². The van der Waals surface area contributed by atoms with Crippen molar-refractivity contribution >= 4 is 21.7 Å². The zero-order valence-corrected chi connectivity index (χ0v) is 15.4. The van der Waals surface area contributed by atoms with Gasteiger partial charge in [-0.15, -0.1) is 0 Å². The van der Waals surface area contributed by atoms with Crippen molar-refractivity contribution in [2.45, 2.75) is 10.7 Å². The lowest BCUT2D eigenvalue weighted by Gasteiger charge is -2.07. The number of halogens is 2. The van der Waals surface area contributed by atoms with Crippen LogP contribution in [0.1, 0.15) is 20.8 Å². The van der Waals surface area contributed by atoms with E-state index in [0.717, 1.165) is 29.8 Å². The normalized spacial score (nSPS) is 11.3. The van der Waals surface area contributed by atoms with E-state index >= 15 is 0 Å². The molecule has 0 aliphatic rings. The van der Waals surface area contributed by atoms with Crippen LogP contribution >= 0.6 is 0 Å². The molecule has 1 heterocycles. The summed E-state index contributed by atoms with van der Waals surface area (Å²) in [6.07, 6.45) is 0. The number of H-pyrrole nitrogens is 1. The quantitative estimate of drug-likeness (QED) is 0.546. The molecule has 0 spiro atoms. The lowest BCUT2D eigenvalue weighted by atomic mass is 10.1. The highest BCUT2D eigenvalue weighted by atomic mass is 32.2. The molecule has 0 atom stereocenters. The van der Waals surface area contributed by atoms with E-state index in [2.05, 4.69) is 21.0 Å². The lowest BCUT2D eigenvalue weighted by Crippen LogP contribution is -2.41. The number of sulfone groups is 1. The number of benzene rings is 2. The predicted octanol–water partition coefficient (Wildman–Crippen LogP) is 2.15. The molecule has 3 aromatic rings. The lowest BCUT2D eigenvalue weighted by molar-refractivity contribution is 0.0844. The SMILES string of the molecule is O=C(NNC(=O)c1cc(-c2ccccc2)n[nH]1)c1ccc(S(=O)(=O)C(F)F)cc1. The minimum Gasteiger partial charge on any atom is -0.272 e. The zero-order chi connectivity index (χ0) is 21.0. The van der Waals surface area contributed by atoms with Crippen LogP contribution in [0.5, 0.6) is 0 Å². The Labute approximate surface area is 163 Å². The fourth-order valence-electron chi connectivity index (χ4n) is 2.35. The molecular formula is C18H14F2N4O4S. The van der Waals surface area contributed by atoms with Crippen LogP contribution in [0, 0.1) is 0 Å². The molecular weight excluding hydrogens is 406 g/mol. The maximum atomic E-state index is 12.5. The molecule has 3 N–H and O–H groups in total. The second kappa shape index (κ2) is 8.19. The highest BCUT2D eigenvalue weighted by Gasteiger charge is 2.26. The molecule has 0 saturated heterocycles. The number of amides is 2. The van der Waals surface area contributed by atoms with Crippen LogP contribution in [0.2, 0.25) is 0 Å². The van der Waals surface area contributed by atoms with Crippen LogP contribution in [0.15, 0.2) is 65.6 Å². The molecule has 0 aliphatic carbocycles. The standard InChI is InChI=1S/C18H14F2N4O4S/c19-18(20)29(27,28)13-8-6-12(7-9-13)16(25)23-24-17(26)15-10-14(21-22-15)11-4-2-1-3-5-11/h1-10,18H,(H,21,22)(H,23,25)(H,24,26). The Bertz CT molecular complexity index is 1130. The monoisotopic (exact) mass is 420 g/mol. The average molecular weight is 420 g/mol. The van der Waals surface area contributed by atoms with Crippen LogP contribution in [-0.4, -0.2) is 36.2 Å². The fourth-order valence-corrected chi connectivity index (χ4v) is 3.07. The van der Waals surface area contributed by atoms with E-state index in [1.165, 1.54) is 6.07 Å². The summed E-state index contributed by atoms with van der Waals surface area (Å²) in [4.78, 5) is 23.6. The second-order valence-electron chi connectivity index (χ2n) is 5.77. The zero-order valence-electron chi connectivity index (χ0n) is 14.6. The summed E-state index contributed by atoms with van der Waals surface area (Å²) in [6.45, 7) is 0. The summed E-state index contributed by atoms with van der Waals surface area (Å²) in [7, 11) is -4.75. The smallest absolute Gasteiger partial charge is 0.272 e. The molecule has 0 unspecified atom stereocenters. The van der Waals surface area contributed by atoms with Crippen molar-refractivity contribution in [3.05, 3.63) is 71.9 Å². The summed E-state index contributed by atoms with van der Waals surface area (Å²) in [6, 6.07) is 14.5. The first-order valence-electron chi connectivity index (χ1n) is 8.12. The van der Waals surface area contributed by atoms with Crippen molar-refractivity contribution in [3.8, 4) is 11.3 Å². The molecule has 8 nitrogen and oxygen atoms in total. The van der Waals surface area contributed by atoms with Crippen LogP contribution in [0.3, 0.4) is 0 Å². The first-order chi connectivity index (χ1) is 13.8. The average Bonchev–Trinajstić information content (AvgIpc) is 3.23. The van der Waals surface area contributed by atoms with Gasteiger partial charge in [-0.2, -0.15) is 13.9 Å². The van der Waals surface area contributed by atoms with Gasteiger partial charge in [0.25, 0.3) is 11.8 Å². The number of aromatic amines is 1. The van der Waals surface area contributed by atoms with Crippen molar-refractivity contribution < 1.29 is 26.8 Å². The largest absolute Gasteiger partial charge is 0.341 e. The van der Waals surface area contributed by atoms with Gasteiger partial charge in [-0.05, 0) is 30.3 Å². The Morgan fingerprint density at radius 1 is 0.931 bits per heavy atom. The molecule has 0 aliphatic heterocycles. The third-order valence-electron chi connectivity index (χ3n) is 3.86. The van der Waals surface area contributed by atoms with Crippen molar-refractivity contribution in [3.63, 3.8) is 0 Å². The molecule has 0 bridgehead atoms. The summed E-state index contributed by atoms with van der Waals surface area (Å²) >= 11 is 0. The highest BCUT2D eigenvalue weighted by Crippen LogP contribution is 2.19. The first-order valence-corrected chi connectivity index (χ1v) is 9.67. The van der Waals surface area contributed by atoms with E-state index in [1.54, 1.807) is 0 Å². The molecule has 0 radical (unpaired) electrons. The van der Waals surface area contributed by atoms with Gasteiger partial charge in [0.2, 0.25) is 9.84 Å². The Hall–Kier alpha value is -3.60. The summed E-state index contributed by atoms with van der Waals surface area (Å²) in [5.41, 5.74) is 5.72. The second-order valence-corrected chi connectivity index (χ2v) is 7.69. The first kappa shape index (κ1) is 20.1. The number of alkyl halides is 2. The molecule has 0 saturated carbocycles. The summed E-state index contributed by atoms with van der Waals surface area (Å²) in [5.74, 6) is -4.98. The topological polar surface area (TPSA) is 121 Å². The minimum atomic E-state index is -4.75. The molecule has 2 aromatic carbocycles. The maximum absolute atomic E-state index is 12.5. The van der Waals surface area contributed by atoms with Gasteiger partial charge >= 0.3 is 5.76 Å². The Balaban J connectivity index is 1.62. The van der Waals surface area contributed by atoms with Crippen LogP contribution in [0.25, 0.3) is 11.3 Å². The molecule has 2 amide bonds. The van der Waals surface area contributed by atoms with E-state index in [-0.39, 0.29) is 11.3 Å². The third-order valence-corrected chi connectivity index (χ3v) is 5.26. The minimum absolute atomic E-state index is 0.0342. The molecule has 29 heavy (non-hydrogen) atoms. The molecule has 0 fully saturated rings. The number of carbonyl (C=O) groups excluding carboxylic acids is 2. The number of rotatable bonds is 5. The van der Waals surface area contributed by atoms with Crippen LogP contribution in [0.4, 0.5) is 8.78 Å². The Morgan fingerprint density at radius 2 is 1.55 bits per heavy atom. The van der Waals surface area contributed by atoms with Crippen LogP contribution in [-0.2, 0) is 9.84 Å². The molecule has 1 aromatic heterocycles. The number of carbonyl (C=O) groups is 2. The summed E-state index contributed by atoms with van der Waals surface area (Å²) in [5, 5.41) is 6.57. The van der Waals surface area contributed by atoms with Gasteiger partial charge in [-0.1, -0.05) is 30.3 Å². The van der Waals surface area contributed by atoms with Gasteiger partial charge in [0.15, 0.2) is 0 Å². The number of nitrogens with zero attached hydrogens (tertiary/aromatic N) is 1. The molecule has 150 valence electrons. The van der Waals surface area contributed by atoms with E-state index in [1.807, 2.05) is 30.3 Å². The van der Waals surface area contributed by atoms with E-state index < -0.39 is 32.3 Å². The molecule has 11 heteroatoms. The third kappa shape index (κ3) is 4.46. The van der Waals surface area contributed by atoms with Gasteiger partial charge < -0.3 is 0 Å². The van der Waals surface area contributed by atoms with Gasteiger partial charge in [0, 0.05) is 11.1 Å². The summed E-state index contributed by atoms with van der Waals surface area (Å²) < 4.78 is 47.8. The van der Waals surface area contributed by atoms with Crippen molar-refractivity contribution in [1.29, 1.82) is 0 Å². The Kier molecular flexibility index (Phi) is 5.69. The molecule has 3 rings (SSSR count). The van der Waals surface area contributed by atoms with Crippen molar-refractivity contribution in [2.75, 3.05) is 0 Å².